The van der Waals surface area contributed by atoms with Crippen molar-refractivity contribution >= 4 is 45.9 Å². The lowest BCUT2D eigenvalue weighted by Gasteiger charge is -2.43. The molecule has 0 aromatic heterocycles. The molecule has 0 heterocycles. The SMILES string of the molecule is CN=C(NCCCOCCOC)NCC1(c2ccc(Br)cc2)CCC1.I. The summed E-state index contributed by atoms with van der Waals surface area (Å²) in [6, 6.07) is 8.73. The van der Waals surface area contributed by atoms with E-state index in [9.17, 15) is 0 Å². The van der Waals surface area contributed by atoms with Crippen LogP contribution in [0.15, 0.2) is 33.7 Å². The summed E-state index contributed by atoms with van der Waals surface area (Å²) in [6.45, 7) is 3.79. The Morgan fingerprint density at radius 2 is 1.88 bits per heavy atom. The normalized spacial score (nSPS) is 15.7. The summed E-state index contributed by atoms with van der Waals surface area (Å²) in [5, 5.41) is 6.86. The van der Waals surface area contributed by atoms with Crippen molar-refractivity contribution in [2.24, 2.45) is 4.99 Å². The Morgan fingerprint density at radius 1 is 1.15 bits per heavy atom. The number of halogens is 2. The summed E-state index contributed by atoms with van der Waals surface area (Å²) < 4.78 is 11.6. The highest BCUT2D eigenvalue weighted by Gasteiger charge is 2.38. The molecule has 5 nitrogen and oxygen atoms in total. The lowest BCUT2D eigenvalue weighted by Crippen LogP contribution is -2.49. The summed E-state index contributed by atoms with van der Waals surface area (Å²) >= 11 is 3.52. The maximum absolute atomic E-state index is 5.47. The molecule has 2 N–H and O–H groups in total. The predicted molar refractivity (Wildman–Crippen MR) is 122 cm³/mol. The molecule has 1 aromatic carbocycles. The summed E-state index contributed by atoms with van der Waals surface area (Å²) in [5.74, 6) is 0.861. The van der Waals surface area contributed by atoms with Gasteiger partial charge in [0.15, 0.2) is 5.96 Å². The zero-order valence-electron chi connectivity index (χ0n) is 15.7. The maximum Gasteiger partial charge on any atom is 0.191 e. The van der Waals surface area contributed by atoms with E-state index in [2.05, 4.69) is 55.8 Å². The summed E-state index contributed by atoms with van der Waals surface area (Å²) in [7, 11) is 3.50. The second-order valence-corrected chi connectivity index (χ2v) is 7.37. The molecule has 26 heavy (non-hydrogen) atoms. The van der Waals surface area contributed by atoms with Crippen molar-refractivity contribution in [1.29, 1.82) is 0 Å². The second-order valence-electron chi connectivity index (χ2n) is 6.45. The average molecular weight is 540 g/mol. The van der Waals surface area contributed by atoms with Crippen LogP contribution < -0.4 is 10.6 Å². The fourth-order valence-electron chi connectivity index (χ4n) is 3.07. The quantitative estimate of drug-likeness (QED) is 0.206. The molecule has 1 aromatic rings. The van der Waals surface area contributed by atoms with Gasteiger partial charge >= 0.3 is 0 Å². The molecule has 0 spiro atoms. The Bertz CT molecular complexity index is 536. The molecule has 1 fully saturated rings. The van der Waals surface area contributed by atoms with Crippen LogP contribution in [-0.2, 0) is 14.9 Å². The number of nitrogens with zero attached hydrogens (tertiary/aromatic N) is 1. The first-order valence-electron chi connectivity index (χ1n) is 8.97. The summed E-state index contributed by atoms with van der Waals surface area (Å²) in [4.78, 5) is 4.33. The van der Waals surface area contributed by atoms with E-state index in [1.807, 2.05) is 7.05 Å². The molecule has 0 unspecified atom stereocenters. The van der Waals surface area contributed by atoms with E-state index in [0.29, 0.717) is 13.2 Å². The molecule has 1 aliphatic rings. The standard InChI is InChI=1S/C19H30BrN3O2.HI/c1-21-18(22-11-4-12-25-14-13-24-2)23-15-19(9-3-10-19)16-5-7-17(20)8-6-16;/h5-8H,3-4,9-15H2,1-2H3,(H2,21,22,23);1H. The van der Waals surface area contributed by atoms with Gasteiger partial charge in [0, 0.05) is 43.7 Å². The number of nitrogens with one attached hydrogen (secondary N) is 2. The van der Waals surface area contributed by atoms with Crippen LogP contribution in [0.1, 0.15) is 31.2 Å². The second kappa shape index (κ2) is 12.9. The number of ether oxygens (including phenoxy) is 2. The van der Waals surface area contributed by atoms with Gasteiger partial charge in [-0.1, -0.05) is 34.5 Å². The monoisotopic (exact) mass is 539 g/mol. The summed E-state index contributed by atoms with van der Waals surface area (Å²) in [6.07, 6.45) is 4.70. The zero-order chi connectivity index (χ0) is 18.0. The molecule has 0 atom stereocenters. The van der Waals surface area contributed by atoms with Gasteiger partial charge in [-0.25, -0.2) is 0 Å². The predicted octanol–water partition coefficient (Wildman–Crippen LogP) is 3.71. The molecule has 0 bridgehead atoms. The number of aliphatic imine (C=N–C) groups is 1. The minimum atomic E-state index is 0. The Balaban J connectivity index is 0.00000338. The van der Waals surface area contributed by atoms with E-state index < -0.39 is 0 Å². The van der Waals surface area contributed by atoms with E-state index >= 15 is 0 Å². The first-order chi connectivity index (χ1) is 12.2. The topological polar surface area (TPSA) is 54.9 Å². The zero-order valence-corrected chi connectivity index (χ0v) is 19.6. The molecule has 1 saturated carbocycles. The van der Waals surface area contributed by atoms with Gasteiger partial charge in [0.2, 0.25) is 0 Å². The van der Waals surface area contributed by atoms with Crippen molar-refractivity contribution in [3.8, 4) is 0 Å². The van der Waals surface area contributed by atoms with Gasteiger partial charge in [0.25, 0.3) is 0 Å². The van der Waals surface area contributed by atoms with E-state index in [1.165, 1.54) is 24.8 Å². The van der Waals surface area contributed by atoms with Gasteiger partial charge in [-0.3, -0.25) is 4.99 Å². The maximum atomic E-state index is 5.47. The Labute approximate surface area is 182 Å². The van der Waals surface area contributed by atoms with Crippen molar-refractivity contribution in [3.05, 3.63) is 34.3 Å². The van der Waals surface area contributed by atoms with Crippen molar-refractivity contribution in [3.63, 3.8) is 0 Å². The molecule has 0 amide bonds. The Morgan fingerprint density at radius 3 is 2.46 bits per heavy atom. The van der Waals surface area contributed by atoms with Crippen LogP contribution in [0.25, 0.3) is 0 Å². The third-order valence-corrected chi connectivity index (χ3v) is 5.30. The van der Waals surface area contributed by atoms with Gasteiger partial charge in [-0.2, -0.15) is 0 Å². The van der Waals surface area contributed by atoms with Crippen LogP contribution in [0, 0.1) is 0 Å². The van der Waals surface area contributed by atoms with Crippen LogP contribution in [0.3, 0.4) is 0 Å². The lowest BCUT2D eigenvalue weighted by molar-refractivity contribution is 0.0698. The van der Waals surface area contributed by atoms with Crippen LogP contribution in [-0.4, -0.2) is 53.0 Å². The van der Waals surface area contributed by atoms with Gasteiger partial charge < -0.3 is 20.1 Å². The highest BCUT2D eigenvalue weighted by Crippen LogP contribution is 2.43. The highest BCUT2D eigenvalue weighted by atomic mass is 127. The molecule has 2 rings (SSSR count). The van der Waals surface area contributed by atoms with Gasteiger partial charge in [-0.05, 0) is 37.0 Å². The number of rotatable bonds is 10. The molecule has 0 radical (unpaired) electrons. The molecular weight excluding hydrogens is 509 g/mol. The van der Waals surface area contributed by atoms with Gasteiger partial charge in [-0.15, -0.1) is 24.0 Å². The molecule has 0 aliphatic heterocycles. The van der Waals surface area contributed by atoms with Crippen LogP contribution >= 0.6 is 39.9 Å². The fraction of sp³-hybridized carbons (Fsp3) is 0.632. The molecule has 148 valence electrons. The largest absolute Gasteiger partial charge is 0.382 e. The number of hydrogen-bond donors (Lipinski definition) is 2. The van der Waals surface area contributed by atoms with Crippen LogP contribution in [0.2, 0.25) is 0 Å². The first kappa shape index (κ1) is 23.7. The molecular formula is C19H31BrIN3O2. The van der Waals surface area contributed by atoms with E-state index in [4.69, 9.17) is 9.47 Å². The van der Waals surface area contributed by atoms with E-state index in [-0.39, 0.29) is 29.4 Å². The van der Waals surface area contributed by atoms with E-state index in [1.54, 1.807) is 7.11 Å². The number of benzene rings is 1. The van der Waals surface area contributed by atoms with Crippen LogP contribution in [0.5, 0.6) is 0 Å². The Hall–Kier alpha value is -0.380. The number of methoxy groups -OCH3 is 1. The van der Waals surface area contributed by atoms with E-state index in [0.717, 1.165) is 36.5 Å². The highest BCUT2D eigenvalue weighted by molar-refractivity contribution is 14.0. The average Bonchev–Trinajstić information content (AvgIpc) is 2.59. The smallest absolute Gasteiger partial charge is 0.191 e. The van der Waals surface area contributed by atoms with Crippen molar-refractivity contribution in [1.82, 2.24) is 10.6 Å². The van der Waals surface area contributed by atoms with Crippen LogP contribution in [0.4, 0.5) is 0 Å². The van der Waals surface area contributed by atoms with Crippen molar-refractivity contribution in [2.45, 2.75) is 31.1 Å². The summed E-state index contributed by atoms with van der Waals surface area (Å²) in [5.41, 5.74) is 1.65. The molecule has 1 aliphatic carbocycles. The number of hydrogen-bond acceptors (Lipinski definition) is 3. The number of guanidine groups is 1. The minimum Gasteiger partial charge on any atom is -0.382 e. The third-order valence-electron chi connectivity index (χ3n) is 4.77. The minimum absolute atomic E-state index is 0. The lowest BCUT2D eigenvalue weighted by atomic mass is 9.64. The van der Waals surface area contributed by atoms with Crippen molar-refractivity contribution in [2.75, 3.05) is 47.1 Å². The molecule has 0 saturated heterocycles. The molecule has 7 heteroatoms. The van der Waals surface area contributed by atoms with Gasteiger partial charge in [0.1, 0.15) is 0 Å². The fourth-order valence-corrected chi connectivity index (χ4v) is 3.34. The first-order valence-corrected chi connectivity index (χ1v) is 9.77. The third kappa shape index (κ3) is 7.32. The van der Waals surface area contributed by atoms with Gasteiger partial charge in [0.05, 0.1) is 13.2 Å². The van der Waals surface area contributed by atoms with Crippen molar-refractivity contribution < 1.29 is 9.47 Å². The Kier molecular flexibility index (Phi) is 11.7.